The highest BCUT2D eigenvalue weighted by Crippen LogP contribution is 2.37. The van der Waals surface area contributed by atoms with Crippen LogP contribution in [0.2, 0.25) is 0 Å². The number of nitrogens with zero attached hydrogens (tertiary/aromatic N) is 4. The van der Waals surface area contributed by atoms with E-state index < -0.39 is 27.8 Å². The van der Waals surface area contributed by atoms with Gasteiger partial charge in [-0.15, -0.1) is 0 Å². The van der Waals surface area contributed by atoms with Crippen LogP contribution in [0.15, 0.2) is 10.5 Å². The van der Waals surface area contributed by atoms with E-state index in [-0.39, 0.29) is 34.9 Å². The van der Waals surface area contributed by atoms with Crippen LogP contribution < -0.4 is 4.90 Å². The zero-order valence-electron chi connectivity index (χ0n) is 16.2. The van der Waals surface area contributed by atoms with Gasteiger partial charge >= 0.3 is 12.2 Å². The number of amides is 1. The highest BCUT2D eigenvalue weighted by Gasteiger charge is 2.45. The predicted octanol–water partition coefficient (Wildman–Crippen LogP) is 4.40. The van der Waals surface area contributed by atoms with Crippen LogP contribution in [0, 0.1) is 17.7 Å². The summed E-state index contributed by atoms with van der Waals surface area (Å²) in [6.07, 6.45) is 0.0524. The highest BCUT2D eigenvalue weighted by molar-refractivity contribution is 9.10. The van der Waals surface area contributed by atoms with E-state index >= 15 is 0 Å². The van der Waals surface area contributed by atoms with Crippen molar-refractivity contribution in [1.29, 1.82) is 0 Å². The van der Waals surface area contributed by atoms with Gasteiger partial charge < -0.3 is 9.64 Å². The number of piperazine rings is 1. The van der Waals surface area contributed by atoms with Gasteiger partial charge in [0.2, 0.25) is 0 Å². The van der Waals surface area contributed by atoms with Crippen molar-refractivity contribution in [2.24, 2.45) is 0 Å². The third-order valence-electron chi connectivity index (χ3n) is 5.17. The lowest BCUT2D eigenvalue weighted by Gasteiger charge is -2.42. The van der Waals surface area contributed by atoms with Crippen molar-refractivity contribution >= 4 is 38.7 Å². The first-order chi connectivity index (χ1) is 13.5. The van der Waals surface area contributed by atoms with Gasteiger partial charge in [0.15, 0.2) is 5.82 Å². The van der Waals surface area contributed by atoms with E-state index in [1.54, 1.807) is 30.6 Å². The van der Waals surface area contributed by atoms with E-state index in [1.165, 1.54) is 0 Å². The predicted molar refractivity (Wildman–Crippen MR) is 104 cm³/mol. The van der Waals surface area contributed by atoms with Crippen molar-refractivity contribution < 1.29 is 22.7 Å². The molecule has 1 aromatic heterocycles. The number of carbonyl (C=O) groups excluding carboxylic acids is 1. The third-order valence-corrected chi connectivity index (χ3v) is 5.89. The van der Waals surface area contributed by atoms with Crippen molar-refractivity contribution in [2.45, 2.75) is 51.3 Å². The van der Waals surface area contributed by atoms with Crippen LogP contribution in [-0.2, 0) is 4.74 Å². The monoisotopic (exact) mass is 472 g/mol. The van der Waals surface area contributed by atoms with E-state index in [0.29, 0.717) is 13.1 Å². The van der Waals surface area contributed by atoms with Crippen LogP contribution in [0.4, 0.5) is 23.8 Å². The van der Waals surface area contributed by atoms with E-state index in [0.717, 1.165) is 18.9 Å². The molecule has 0 unspecified atom stereocenters. The molecule has 0 N–H and O–H groups in total. The van der Waals surface area contributed by atoms with Crippen LogP contribution in [0.25, 0.3) is 10.9 Å². The first-order valence-electron chi connectivity index (χ1n) is 9.32. The Morgan fingerprint density at radius 3 is 2.38 bits per heavy atom. The molecule has 2 fully saturated rings. The molecular weight excluding hydrogens is 453 g/mol. The number of rotatable bonds is 1. The van der Waals surface area contributed by atoms with Gasteiger partial charge in [-0.1, -0.05) is 0 Å². The molecular formula is C19H20BrF3N4O2. The molecule has 2 aliphatic rings. The molecule has 0 aliphatic carbocycles. The maximum absolute atomic E-state index is 14.4. The Hall–Kier alpha value is -2.10. The second-order valence-corrected chi connectivity index (χ2v) is 9.17. The normalized spacial score (nSPS) is 21.8. The van der Waals surface area contributed by atoms with Crippen LogP contribution in [0.1, 0.15) is 33.6 Å². The van der Waals surface area contributed by atoms with Crippen molar-refractivity contribution in [1.82, 2.24) is 14.9 Å². The van der Waals surface area contributed by atoms with Crippen molar-refractivity contribution in [3.8, 4) is 0 Å². The summed E-state index contributed by atoms with van der Waals surface area (Å²) in [4.78, 5) is 23.4. The molecule has 2 saturated heterocycles. The molecule has 10 heteroatoms. The zero-order valence-corrected chi connectivity index (χ0v) is 17.8. The molecule has 0 spiro atoms. The summed E-state index contributed by atoms with van der Waals surface area (Å²) in [5.41, 5.74) is -0.898. The molecule has 2 aromatic rings. The van der Waals surface area contributed by atoms with Gasteiger partial charge in [0.25, 0.3) is 0 Å². The molecule has 0 radical (unpaired) electrons. The fourth-order valence-corrected chi connectivity index (χ4v) is 4.36. The lowest BCUT2D eigenvalue weighted by molar-refractivity contribution is 0.0123. The number of anilines is 1. The average molecular weight is 473 g/mol. The molecule has 2 atom stereocenters. The van der Waals surface area contributed by atoms with E-state index in [9.17, 15) is 18.0 Å². The number of hydrogen-bond donors (Lipinski definition) is 0. The summed E-state index contributed by atoms with van der Waals surface area (Å²) < 4.78 is 47.7. The van der Waals surface area contributed by atoms with Gasteiger partial charge in [0.05, 0.1) is 16.6 Å². The Labute approximate surface area is 174 Å². The molecule has 29 heavy (non-hydrogen) atoms. The molecule has 1 aromatic carbocycles. The number of fused-ring (bicyclic) bond motifs is 3. The van der Waals surface area contributed by atoms with Gasteiger partial charge in [0.1, 0.15) is 22.8 Å². The minimum Gasteiger partial charge on any atom is -0.444 e. The fourth-order valence-electron chi connectivity index (χ4n) is 4.06. The number of hydrogen-bond acceptors (Lipinski definition) is 5. The topological polar surface area (TPSA) is 58.6 Å². The molecule has 1 amide bonds. The Kier molecular flexibility index (Phi) is 4.87. The van der Waals surface area contributed by atoms with Crippen LogP contribution >= 0.6 is 15.9 Å². The van der Waals surface area contributed by atoms with Crippen LogP contribution in [-0.4, -0.2) is 51.7 Å². The van der Waals surface area contributed by atoms with Gasteiger partial charge in [-0.05, 0) is 55.6 Å². The summed E-state index contributed by atoms with van der Waals surface area (Å²) >= 11 is 2.82. The number of carbonyl (C=O) groups is 1. The highest BCUT2D eigenvalue weighted by atomic mass is 79.9. The zero-order chi connectivity index (χ0) is 21.1. The molecule has 2 bridgehead atoms. The summed E-state index contributed by atoms with van der Waals surface area (Å²) in [6.45, 7) is 6.14. The SMILES string of the molecule is CC(C)(C)OC(=O)N1[C@@H]2CC[C@H]1CN(c1nc(F)nc3c(F)c(Br)c(F)cc13)C2. The quantitative estimate of drug-likeness (QED) is 0.454. The molecule has 0 saturated carbocycles. The van der Waals surface area contributed by atoms with Crippen molar-refractivity contribution in [3.63, 3.8) is 0 Å². The Morgan fingerprint density at radius 1 is 1.17 bits per heavy atom. The first-order valence-corrected chi connectivity index (χ1v) is 10.1. The molecule has 6 nitrogen and oxygen atoms in total. The maximum Gasteiger partial charge on any atom is 0.410 e. The molecule has 156 valence electrons. The average Bonchev–Trinajstić information content (AvgIpc) is 2.89. The lowest BCUT2D eigenvalue weighted by Crippen LogP contribution is -2.57. The minimum atomic E-state index is -1.09. The Morgan fingerprint density at radius 2 is 1.79 bits per heavy atom. The van der Waals surface area contributed by atoms with Gasteiger partial charge in [-0.2, -0.15) is 14.4 Å². The summed E-state index contributed by atoms with van der Waals surface area (Å²) in [6, 6.07) is 0.794. The number of ether oxygens (including phenoxy) is 1. The molecule has 3 heterocycles. The largest absolute Gasteiger partial charge is 0.444 e. The van der Waals surface area contributed by atoms with Crippen LogP contribution in [0.5, 0.6) is 0 Å². The van der Waals surface area contributed by atoms with Crippen LogP contribution in [0.3, 0.4) is 0 Å². The van der Waals surface area contributed by atoms with E-state index in [4.69, 9.17) is 4.74 Å². The van der Waals surface area contributed by atoms with E-state index in [2.05, 4.69) is 25.9 Å². The van der Waals surface area contributed by atoms with Gasteiger partial charge in [-0.25, -0.2) is 13.6 Å². The minimum absolute atomic E-state index is 0.0923. The summed E-state index contributed by atoms with van der Waals surface area (Å²) in [5.74, 6) is -1.67. The second-order valence-electron chi connectivity index (χ2n) is 8.38. The summed E-state index contributed by atoms with van der Waals surface area (Å²) in [7, 11) is 0. The van der Waals surface area contributed by atoms with E-state index in [1.807, 2.05) is 0 Å². The number of benzene rings is 1. The maximum atomic E-state index is 14.4. The molecule has 2 aliphatic heterocycles. The Bertz CT molecular complexity index is 984. The number of halogens is 4. The summed E-state index contributed by atoms with van der Waals surface area (Å²) in [5, 5.41) is 0.0923. The fraction of sp³-hybridized carbons (Fsp3) is 0.526. The standard InChI is InChI=1S/C19H20BrF3N4O2/c1-19(2,3)29-18(28)27-9-4-5-10(27)8-26(7-9)16-11-6-12(21)13(20)14(22)15(11)24-17(23)25-16/h6,9-10H,4-5,7-8H2,1-3H3/t9-,10+. The van der Waals surface area contributed by atoms with Crippen molar-refractivity contribution in [2.75, 3.05) is 18.0 Å². The third kappa shape index (κ3) is 3.62. The lowest BCUT2D eigenvalue weighted by atomic mass is 10.1. The Balaban J connectivity index is 1.68. The second kappa shape index (κ2) is 7.00. The molecule has 4 rings (SSSR count). The first kappa shape index (κ1) is 20.2. The number of aromatic nitrogens is 2. The van der Waals surface area contributed by atoms with Crippen molar-refractivity contribution in [3.05, 3.63) is 28.3 Å². The van der Waals surface area contributed by atoms with Gasteiger partial charge in [-0.3, -0.25) is 4.90 Å². The van der Waals surface area contributed by atoms with Gasteiger partial charge in [0, 0.05) is 18.5 Å². The smallest absolute Gasteiger partial charge is 0.410 e.